The number of pyridine rings is 1. The molecule has 0 saturated carbocycles. The maximum atomic E-state index is 13.5. The van der Waals surface area contributed by atoms with Crippen molar-refractivity contribution in [1.82, 2.24) is 9.88 Å². The van der Waals surface area contributed by atoms with Crippen LogP contribution >= 0.6 is 0 Å². The standard InChI is InChI=1S/C28H32N2O4/c1-3-5-13-24(30-16-9-12-22(28(30)32)17-20-10-7-6-8-11-20)27(31)29-23(4-2)21-14-15-25-26(18-21)34-19-33-25/h6-12,14-16,18,23-24H,3-5,13,17,19H2,1-2H3,(H,29,31)/t23-,24-/m0/s1. The van der Waals surface area contributed by atoms with Crippen molar-refractivity contribution in [2.75, 3.05) is 6.79 Å². The van der Waals surface area contributed by atoms with E-state index in [4.69, 9.17) is 9.47 Å². The average Bonchev–Trinajstić information content (AvgIpc) is 3.33. The van der Waals surface area contributed by atoms with E-state index in [1.54, 1.807) is 10.8 Å². The second-order valence-electron chi connectivity index (χ2n) is 8.65. The molecule has 34 heavy (non-hydrogen) atoms. The normalized spacial score (nSPS) is 13.9. The molecule has 0 bridgehead atoms. The Hall–Kier alpha value is -3.54. The highest BCUT2D eigenvalue weighted by Gasteiger charge is 2.25. The van der Waals surface area contributed by atoms with E-state index in [2.05, 4.69) is 12.2 Å². The van der Waals surface area contributed by atoms with Crippen LogP contribution in [0, 0.1) is 0 Å². The molecule has 4 rings (SSSR count). The Morgan fingerprint density at radius 1 is 1.03 bits per heavy atom. The lowest BCUT2D eigenvalue weighted by Gasteiger charge is -2.24. The van der Waals surface area contributed by atoms with Gasteiger partial charge < -0.3 is 19.4 Å². The van der Waals surface area contributed by atoms with Crippen LogP contribution in [0.1, 0.15) is 68.3 Å². The van der Waals surface area contributed by atoms with E-state index in [1.807, 2.05) is 67.6 Å². The first kappa shape index (κ1) is 23.6. The van der Waals surface area contributed by atoms with Crippen molar-refractivity contribution in [3.05, 3.63) is 93.9 Å². The van der Waals surface area contributed by atoms with Gasteiger partial charge in [-0.05, 0) is 42.2 Å². The molecule has 2 atom stereocenters. The quantitative estimate of drug-likeness (QED) is 0.453. The lowest BCUT2D eigenvalue weighted by Crippen LogP contribution is -2.39. The summed E-state index contributed by atoms with van der Waals surface area (Å²) in [6.07, 6.45) is 5.40. The molecule has 0 radical (unpaired) electrons. The second-order valence-corrected chi connectivity index (χ2v) is 8.65. The number of amides is 1. The summed E-state index contributed by atoms with van der Waals surface area (Å²) in [6.45, 7) is 4.33. The van der Waals surface area contributed by atoms with Crippen LogP contribution in [0.3, 0.4) is 0 Å². The molecular weight excluding hydrogens is 428 g/mol. The highest BCUT2D eigenvalue weighted by atomic mass is 16.7. The topological polar surface area (TPSA) is 69.6 Å². The van der Waals surface area contributed by atoms with Gasteiger partial charge in [0, 0.05) is 18.2 Å². The summed E-state index contributed by atoms with van der Waals surface area (Å²) in [5, 5.41) is 3.18. The maximum Gasteiger partial charge on any atom is 0.254 e. The molecule has 2 aromatic carbocycles. The fraction of sp³-hybridized carbons (Fsp3) is 0.357. The minimum atomic E-state index is -0.564. The molecule has 3 aromatic rings. The number of unbranched alkanes of at least 4 members (excludes halogenated alkanes) is 1. The summed E-state index contributed by atoms with van der Waals surface area (Å²) in [7, 11) is 0. The molecule has 0 fully saturated rings. The summed E-state index contributed by atoms with van der Waals surface area (Å²) in [5.74, 6) is 1.27. The van der Waals surface area contributed by atoms with Gasteiger partial charge in [-0.25, -0.2) is 0 Å². The molecule has 0 spiro atoms. The highest BCUT2D eigenvalue weighted by Crippen LogP contribution is 2.35. The van der Waals surface area contributed by atoms with E-state index in [0.717, 1.165) is 30.4 Å². The van der Waals surface area contributed by atoms with Crippen LogP contribution < -0.4 is 20.3 Å². The lowest BCUT2D eigenvalue weighted by atomic mass is 10.0. The smallest absolute Gasteiger partial charge is 0.254 e. The molecule has 1 aromatic heterocycles. The maximum absolute atomic E-state index is 13.5. The number of ether oxygens (including phenoxy) is 2. The van der Waals surface area contributed by atoms with E-state index >= 15 is 0 Å². The molecule has 6 nitrogen and oxygen atoms in total. The number of nitrogens with zero attached hydrogens (tertiary/aromatic N) is 1. The largest absolute Gasteiger partial charge is 0.454 e. The van der Waals surface area contributed by atoms with Crippen LogP contribution in [0.15, 0.2) is 71.7 Å². The van der Waals surface area contributed by atoms with Gasteiger partial charge in [0.2, 0.25) is 12.7 Å². The molecule has 1 aliphatic rings. The summed E-state index contributed by atoms with van der Waals surface area (Å²) in [5.41, 5.74) is 2.60. The van der Waals surface area contributed by atoms with Crippen LogP contribution in [-0.4, -0.2) is 17.3 Å². The SMILES string of the molecule is CCCC[C@@H](C(=O)N[C@@H](CC)c1ccc2c(c1)OCO2)n1cccc(Cc2ccccc2)c1=O. The number of benzene rings is 2. The van der Waals surface area contributed by atoms with E-state index in [0.29, 0.717) is 29.9 Å². The molecule has 6 heteroatoms. The number of fused-ring (bicyclic) bond motifs is 1. The minimum Gasteiger partial charge on any atom is -0.454 e. The van der Waals surface area contributed by atoms with Gasteiger partial charge in [0.05, 0.1) is 6.04 Å². The summed E-state index contributed by atoms with van der Waals surface area (Å²) >= 11 is 0. The molecule has 1 N–H and O–H groups in total. The van der Waals surface area contributed by atoms with E-state index in [-0.39, 0.29) is 24.3 Å². The predicted octanol–water partition coefficient (Wildman–Crippen LogP) is 5.17. The van der Waals surface area contributed by atoms with E-state index < -0.39 is 6.04 Å². The van der Waals surface area contributed by atoms with Crippen LogP contribution in [0.5, 0.6) is 11.5 Å². The molecule has 1 aliphatic heterocycles. The van der Waals surface area contributed by atoms with Crippen molar-refractivity contribution in [3.63, 3.8) is 0 Å². The number of hydrogen-bond acceptors (Lipinski definition) is 4. The fourth-order valence-corrected chi connectivity index (χ4v) is 4.37. The first-order valence-corrected chi connectivity index (χ1v) is 12.0. The van der Waals surface area contributed by atoms with Crippen molar-refractivity contribution in [3.8, 4) is 11.5 Å². The molecule has 2 heterocycles. The zero-order valence-corrected chi connectivity index (χ0v) is 19.8. The van der Waals surface area contributed by atoms with Crippen molar-refractivity contribution in [2.24, 2.45) is 0 Å². The second kappa shape index (κ2) is 11.1. The Labute approximate surface area is 200 Å². The number of hydrogen-bond donors (Lipinski definition) is 1. The summed E-state index contributed by atoms with van der Waals surface area (Å²) in [6, 6.07) is 18.6. The molecule has 0 unspecified atom stereocenters. The molecule has 0 saturated heterocycles. The Morgan fingerprint density at radius 2 is 1.82 bits per heavy atom. The average molecular weight is 461 g/mol. The van der Waals surface area contributed by atoms with E-state index in [1.165, 1.54) is 0 Å². The van der Waals surface area contributed by atoms with Gasteiger partial charge in [-0.2, -0.15) is 0 Å². The number of aromatic nitrogens is 1. The number of nitrogens with one attached hydrogen (secondary N) is 1. The fourth-order valence-electron chi connectivity index (χ4n) is 4.37. The van der Waals surface area contributed by atoms with Gasteiger partial charge in [0.1, 0.15) is 6.04 Å². The monoisotopic (exact) mass is 460 g/mol. The zero-order chi connectivity index (χ0) is 23.9. The van der Waals surface area contributed by atoms with Gasteiger partial charge in [-0.1, -0.05) is 69.2 Å². The number of rotatable bonds is 10. The number of carbonyl (C=O) groups excluding carboxylic acids is 1. The predicted molar refractivity (Wildman–Crippen MR) is 132 cm³/mol. The van der Waals surface area contributed by atoms with Crippen molar-refractivity contribution < 1.29 is 14.3 Å². The van der Waals surface area contributed by atoms with Crippen LogP contribution in [0.2, 0.25) is 0 Å². The highest BCUT2D eigenvalue weighted by molar-refractivity contribution is 5.80. The van der Waals surface area contributed by atoms with Gasteiger partial charge in [-0.3, -0.25) is 9.59 Å². The third-order valence-electron chi connectivity index (χ3n) is 6.28. The molecule has 178 valence electrons. The Kier molecular flexibility index (Phi) is 7.68. The first-order chi connectivity index (χ1) is 16.6. The van der Waals surface area contributed by atoms with Gasteiger partial charge >= 0.3 is 0 Å². The minimum absolute atomic E-state index is 0.112. The zero-order valence-electron chi connectivity index (χ0n) is 19.8. The number of carbonyl (C=O) groups is 1. The van der Waals surface area contributed by atoms with Gasteiger partial charge in [0.25, 0.3) is 5.56 Å². The Bertz CT molecular complexity index is 1170. The first-order valence-electron chi connectivity index (χ1n) is 12.0. The van der Waals surface area contributed by atoms with Gasteiger partial charge in [-0.15, -0.1) is 0 Å². The third-order valence-corrected chi connectivity index (χ3v) is 6.28. The third kappa shape index (κ3) is 5.33. The molecular formula is C28H32N2O4. The van der Waals surface area contributed by atoms with E-state index in [9.17, 15) is 9.59 Å². The van der Waals surface area contributed by atoms with Gasteiger partial charge in [0.15, 0.2) is 11.5 Å². The van der Waals surface area contributed by atoms with Crippen LogP contribution in [0.25, 0.3) is 0 Å². The molecule has 1 amide bonds. The molecule has 0 aliphatic carbocycles. The van der Waals surface area contributed by atoms with Crippen LogP contribution in [-0.2, 0) is 11.2 Å². The summed E-state index contributed by atoms with van der Waals surface area (Å²) < 4.78 is 12.5. The van der Waals surface area contributed by atoms with Crippen molar-refractivity contribution in [2.45, 2.75) is 58.0 Å². The summed E-state index contributed by atoms with van der Waals surface area (Å²) in [4.78, 5) is 26.9. The Morgan fingerprint density at radius 3 is 2.59 bits per heavy atom. The van der Waals surface area contributed by atoms with Crippen molar-refractivity contribution in [1.29, 1.82) is 0 Å². The van der Waals surface area contributed by atoms with Crippen LogP contribution in [0.4, 0.5) is 0 Å². The lowest BCUT2D eigenvalue weighted by molar-refractivity contribution is -0.125. The Balaban J connectivity index is 1.58. The van der Waals surface area contributed by atoms with Crippen molar-refractivity contribution >= 4 is 5.91 Å².